The number of rotatable bonds is 6. The Morgan fingerprint density at radius 1 is 1.53 bits per heavy atom. The summed E-state index contributed by atoms with van der Waals surface area (Å²) in [6.45, 7) is 6.99. The molecule has 0 aliphatic heterocycles. The third kappa shape index (κ3) is 3.60. The summed E-state index contributed by atoms with van der Waals surface area (Å²) in [5, 5.41) is 17.5. The number of aliphatic hydroxyl groups is 1. The van der Waals surface area contributed by atoms with E-state index in [1.54, 1.807) is 10.9 Å². The van der Waals surface area contributed by atoms with Gasteiger partial charge in [-0.3, -0.25) is 0 Å². The number of nitrogens with zero attached hydrogens (tertiary/aromatic N) is 3. The topological polar surface area (TPSA) is 60.2 Å². The lowest BCUT2D eigenvalue weighted by Gasteiger charge is -2.14. The van der Waals surface area contributed by atoms with Crippen molar-refractivity contribution in [2.75, 3.05) is 6.61 Å². The van der Waals surface area contributed by atoms with E-state index in [0.717, 1.165) is 18.7 Å². The van der Waals surface area contributed by atoms with E-state index in [2.05, 4.69) is 17.2 Å². The largest absolute Gasteiger partial charge is 0.384 e. The number of ether oxygens (including phenoxy) is 1. The van der Waals surface area contributed by atoms with Crippen LogP contribution in [0.1, 0.15) is 39.0 Å². The third-order valence-corrected chi connectivity index (χ3v) is 2.01. The van der Waals surface area contributed by atoms with Crippen LogP contribution in [0, 0.1) is 0 Å². The van der Waals surface area contributed by atoms with Crippen molar-refractivity contribution in [2.24, 2.45) is 0 Å². The lowest BCUT2D eigenvalue weighted by Crippen LogP contribution is -2.16. The molecule has 1 rings (SSSR count). The molecule has 1 N–H and O–H groups in total. The van der Waals surface area contributed by atoms with Crippen LogP contribution in [0.3, 0.4) is 0 Å². The Kier molecular flexibility index (Phi) is 4.71. The van der Waals surface area contributed by atoms with Gasteiger partial charge in [0.1, 0.15) is 6.10 Å². The van der Waals surface area contributed by atoms with Crippen molar-refractivity contribution in [1.29, 1.82) is 0 Å². The highest BCUT2D eigenvalue weighted by atomic mass is 16.5. The lowest BCUT2D eigenvalue weighted by atomic mass is 10.3. The van der Waals surface area contributed by atoms with Crippen LogP contribution < -0.4 is 0 Å². The van der Waals surface area contributed by atoms with Gasteiger partial charge in [0.2, 0.25) is 0 Å². The molecule has 0 aliphatic rings. The SMILES string of the molecule is CCCn1nncc1C(O)COC(C)C. The van der Waals surface area contributed by atoms with Crippen LogP contribution in [0.25, 0.3) is 0 Å². The molecule has 1 aromatic heterocycles. The molecule has 15 heavy (non-hydrogen) atoms. The molecule has 0 spiro atoms. The van der Waals surface area contributed by atoms with E-state index in [1.807, 2.05) is 13.8 Å². The van der Waals surface area contributed by atoms with Gasteiger partial charge in [0.05, 0.1) is 24.6 Å². The Bertz CT molecular complexity index is 286. The zero-order valence-corrected chi connectivity index (χ0v) is 9.55. The van der Waals surface area contributed by atoms with E-state index >= 15 is 0 Å². The minimum atomic E-state index is -0.644. The summed E-state index contributed by atoms with van der Waals surface area (Å²) in [5.74, 6) is 0. The molecular weight excluding hydrogens is 194 g/mol. The van der Waals surface area contributed by atoms with Gasteiger partial charge in [-0.25, -0.2) is 4.68 Å². The fraction of sp³-hybridized carbons (Fsp3) is 0.800. The molecule has 0 aromatic carbocycles. The van der Waals surface area contributed by atoms with Gasteiger partial charge in [-0.2, -0.15) is 0 Å². The molecule has 86 valence electrons. The highest BCUT2D eigenvalue weighted by molar-refractivity contribution is 4.98. The second kappa shape index (κ2) is 5.82. The van der Waals surface area contributed by atoms with Crippen LogP contribution in [0.15, 0.2) is 6.20 Å². The maximum atomic E-state index is 9.84. The Hall–Kier alpha value is -0.940. The fourth-order valence-corrected chi connectivity index (χ4v) is 1.28. The van der Waals surface area contributed by atoms with Crippen molar-refractivity contribution < 1.29 is 9.84 Å². The number of aryl methyl sites for hydroxylation is 1. The first kappa shape index (κ1) is 12.1. The predicted octanol–water partition coefficient (Wildman–Crippen LogP) is 1.15. The van der Waals surface area contributed by atoms with Gasteiger partial charge in [-0.15, -0.1) is 5.10 Å². The van der Waals surface area contributed by atoms with E-state index in [9.17, 15) is 5.11 Å². The van der Waals surface area contributed by atoms with E-state index in [4.69, 9.17) is 4.74 Å². The number of hydrogen-bond donors (Lipinski definition) is 1. The van der Waals surface area contributed by atoms with Crippen LogP contribution in [0.2, 0.25) is 0 Å². The predicted molar refractivity (Wildman–Crippen MR) is 56.4 cm³/mol. The van der Waals surface area contributed by atoms with Gasteiger partial charge in [0.15, 0.2) is 0 Å². The Morgan fingerprint density at radius 3 is 2.87 bits per heavy atom. The second-order valence-electron chi connectivity index (χ2n) is 3.78. The molecule has 5 nitrogen and oxygen atoms in total. The van der Waals surface area contributed by atoms with Gasteiger partial charge in [-0.1, -0.05) is 12.1 Å². The van der Waals surface area contributed by atoms with E-state index < -0.39 is 6.10 Å². The molecule has 0 aliphatic carbocycles. The second-order valence-corrected chi connectivity index (χ2v) is 3.78. The van der Waals surface area contributed by atoms with Crippen LogP contribution in [0.4, 0.5) is 0 Å². The van der Waals surface area contributed by atoms with Gasteiger partial charge in [0, 0.05) is 6.54 Å². The minimum Gasteiger partial charge on any atom is -0.384 e. The standard InChI is InChI=1S/C10H19N3O2/c1-4-5-13-9(6-11-12-13)10(14)7-15-8(2)3/h6,8,10,14H,4-5,7H2,1-3H3. The summed E-state index contributed by atoms with van der Waals surface area (Å²) in [5.41, 5.74) is 0.720. The van der Waals surface area contributed by atoms with E-state index in [0.29, 0.717) is 0 Å². The van der Waals surface area contributed by atoms with Gasteiger partial charge in [-0.05, 0) is 20.3 Å². The molecule has 1 heterocycles. The van der Waals surface area contributed by atoms with Crippen LogP contribution in [-0.2, 0) is 11.3 Å². The maximum absolute atomic E-state index is 9.84. The zero-order chi connectivity index (χ0) is 11.3. The number of hydrogen-bond acceptors (Lipinski definition) is 4. The maximum Gasteiger partial charge on any atom is 0.121 e. The van der Waals surface area contributed by atoms with Crippen LogP contribution in [-0.4, -0.2) is 32.8 Å². The van der Waals surface area contributed by atoms with Crippen molar-refractivity contribution in [3.05, 3.63) is 11.9 Å². The minimum absolute atomic E-state index is 0.121. The third-order valence-electron chi connectivity index (χ3n) is 2.01. The molecule has 1 atom stereocenters. The van der Waals surface area contributed by atoms with Crippen molar-refractivity contribution in [2.45, 2.75) is 45.9 Å². The van der Waals surface area contributed by atoms with Gasteiger partial charge >= 0.3 is 0 Å². The lowest BCUT2D eigenvalue weighted by molar-refractivity contribution is 0.00144. The Balaban J connectivity index is 2.56. The molecule has 1 unspecified atom stereocenters. The fourth-order valence-electron chi connectivity index (χ4n) is 1.28. The average Bonchev–Trinajstić information content (AvgIpc) is 2.63. The van der Waals surface area contributed by atoms with E-state index in [1.165, 1.54) is 0 Å². The number of aromatic nitrogens is 3. The summed E-state index contributed by atoms with van der Waals surface area (Å²) in [7, 11) is 0. The molecule has 0 saturated carbocycles. The van der Waals surface area contributed by atoms with Crippen molar-refractivity contribution in [3.63, 3.8) is 0 Å². The van der Waals surface area contributed by atoms with Crippen molar-refractivity contribution >= 4 is 0 Å². The average molecular weight is 213 g/mol. The first-order chi connectivity index (χ1) is 7.15. The summed E-state index contributed by atoms with van der Waals surface area (Å²) < 4.78 is 7.06. The molecule has 1 aromatic rings. The Morgan fingerprint density at radius 2 is 2.27 bits per heavy atom. The van der Waals surface area contributed by atoms with Gasteiger partial charge in [0.25, 0.3) is 0 Å². The van der Waals surface area contributed by atoms with Crippen LogP contribution >= 0.6 is 0 Å². The highest BCUT2D eigenvalue weighted by Gasteiger charge is 2.14. The molecule has 0 radical (unpaired) electrons. The van der Waals surface area contributed by atoms with Crippen molar-refractivity contribution in [1.82, 2.24) is 15.0 Å². The summed E-state index contributed by atoms with van der Waals surface area (Å²) >= 11 is 0. The number of aliphatic hydroxyl groups excluding tert-OH is 1. The highest BCUT2D eigenvalue weighted by Crippen LogP contribution is 2.12. The van der Waals surface area contributed by atoms with E-state index in [-0.39, 0.29) is 12.7 Å². The molecular formula is C10H19N3O2. The molecule has 0 bridgehead atoms. The first-order valence-corrected chi connectivity index (χ1v) is 5.33. The molecule has 0 amide bonds. The molecule has 0 fully saturated rings. The van der Waals surface area contributed by atoms with Gasteiger partial charge < -0.3 is 9.84 Å². The van der Waals surface area contributed by atoms with Crippen LogP contribution in [0.5, 0.6) is 0 Å². The normalized spacial score (nSPS) is 13.4. The summed E-state index contributed by atoms with van der Waals surface area (Å²) in [6, 6.07) is 0. The Labute approximate surface area is 90.1 Å². The first-order valence-electron chi connectivity index (χ1n) is 5.33. The summed E-state index contributed by atoms with van der Waals surface area (Å²) in [4.78, 5) is 0. The quantitative estimate of drug-likeness (QED) is 0.770. The molecule has 0 saturated heterocycles. The molecule has 5 heteroatoms. The summed E-state index contributed by atoms with van der Waals surface area (Å²) in [6.07, 6.45) is 2.03. The van der Waals surface area contributed by atoms with Crippen molar-refractivity contribution in [3.8, 4) is 0 Å². The smallest absolute Gasteiger partial charge is 0.121 e. The monoisotopic (exact) mass is 213 g/mol. The zero-order valence-electron chi connectivity index (χ0n) is 9.55.